The van der Waals surface area contributed by atoms with Gasteiger partial charge in [-0.15, -0.1) is 0 Å². The molecule has 3 atom stereocenters. The molecule has 2 aliphatic carbocycles. The van der Waals surface area contributed by atoms with Crippen LogP contribution in [0.4, 0.5) is 0 Å². The van der Waals surface area contributed by atoms with Crippen LogP contribution in [0.25, 0.3) is 11.0 Å². The number of rotatable bonds is 2. The Hall–Kier alpha value is -2.59. The summed E-state index contributed by atoms with van der Waals surface area (Å²) in [5, 5.41) is 21.7. The van der Waals surface area contributed by atoms with E-state index in [2.05, 4.69) is 0 Å². The van der Waals surface area contributed by atoms with Crippen LogP contribution in [0.15, 0.2) is 53.1 Å². The number of carbonyl (C=O) groups is 1. The predicted octanol–water partition coefficient (Wildman–Crippen LogP) is 3.99. The minimum atomic E-state index is -0.999. The van der Waals surface area contributed by atoms with Crippen LogP contribution in [-0.4, -0.2) is 16.2 Å². The first kappa shape index (κ1) is 13.8. The van der Waals surface area contributed by atoms with E-state index in [0.717, 1.165) is 28.5 Å². The number of carboxylic acid groups (broad SMARTS) is 1. The van der Waals surface area contributed by atoms with E-state index >= 15 is 0 Å². The molecule has 0 spiro atoms. The summed E-state index contributed by atoms with van der Waals surface area (Å²) < 4.78 is 5.63. The number of furan rings is 1. The fourth-order valence-corrected chi connectivity index (χ4v) is 4.69. The third-order valence-electron chi connectivity index (χ3n) is 5.75. The molecule has 4 nitrogen and oxygen atoms in total. The Morgan fingerprint density at radius 1 is 1.17 bits per heavy atom. The molecule has 0 amide bonds. The van der Waals surface area contributed by atoms with Crippen LogP contribution in [-0.2, 0) is 5.60 Å². The van der Waals surface area contributed by atoms with Gasteiger partial charge in [-0.05, 0) is 48.1 Å². The molecule has 24 heavy (non-hydrogen) atoms. The van der Waals surface area contributed by atoms with Crippen LogP contribution in [0.2, 0.25) is 0 Å². The summed E-state index contributed by atoms with van der Waals surface area (Å²) in [5.41, 5.74) is 3.02. The van der Waals surface area contributed by atoms with E-state index < -0.39 is 11.6 Å². The molecule has 2 bridgehead atoms. The van der Waals surface area contributed by atoms with Crippen molar-refractivity contribution in [3.05, 3.63) is 71.0 Å². The number of carboxylic acids is 1. The van der Waals surface area contributed by atoms with Crippen molar-refractivity contribution in [3.8, 4) is 0 Å². The molecule has 0 radical (unpaired) electrons. The van der Waals surface area contributed by atoms with Gasteiger partial charge in [0.05, 0.1) is 11.8 Å². The van der Waals surface area contributed by atoms with Crippen molar-refractivity contribution < 1.29 is 19.4 Å². The minimum Gasteiger partial charge on any atom is -0.478 e. The van der Waals surface area contributed by atoms with Gasteiger partial charge in [-0.2, -0.15) is 0 Å². The van der Waals surface area contributed by atoms with Gasteiger partial charge < -0.3 is 14.6 Å². The van der Waals surface area contributed by atoms with Crippen molar-refractivity contribution in [2.24, 2.45) is 0 Å². The lowest BCUT2D eigenvalue weighted by Crippen LogP contribution is -2.31. The summed E-state index contributed by atoms with van der Waals surface area (Å²) in [6.45, 7) is 0. The van der Waals surface area contributed by atoms with Crippen molar-refractivity contribution in [2.45, 2.75) is 30.3 Å². The van der Waals surface area contributed by atoms with Gasteiger partial charge in [0.25, 0.3) is 0 Å². The monoisotopic (exact) mass is 320 g/mol. The minimum absolute atomic E-state index is 0.0854. The van der Waals surface area contributed by atoms with Gasteiger partial charge in [0.2, 0.25) is 0 Å². The maximum Gasteiger partial charge on any atom is 0.335 e. The average molecular weight is 320 g/mol. The zero-order valence-electron chi connectivity index (χ0n) is 12.9. The van der Waals surface area contributed by atoms with Crippen LogP contribution in [0.5, 0.6) is 0 Å². The number of para-hydroxylation sites is 1. The number of aliphatic hydroxyl groups is 1. The number of fused-ring (bicyclic) bond motifs is 6. The summed E-state index contributed by atoms with van der Waals surface area (Å²) in [6.07, 6.45) is 3.17. The van der Waals surface area contributed by atoms with Gasteiger partial charge in [0.15, 0.2) is 0 Å². The lowest BCUT2D eigenvalue weighted by molar-refractivity contribution is 0.0215. The predicted molar refractivity (Wildman–Crippen MR) is 88.2 cm³/mol. The lowest BCUT2D eigenvalue weighted by Gasteiger charge is -2.33. The SMILES string of the molecule is O=C(O)c1ccc2c(c1)[C@H]1C[C@@H]2C[C@@]1(O)c1coc2ccccc12. The summed E-state index contributed by atoms with van der Waals surface area (Å²) in [7, 11) is 0. The quantitative estimate of drug-likeness (QED) is 0.749. The topological polar surface area (TPSA) is 70.7 Å². The van der Waals surface area contributed by atoms with Gasteiger partial charge in [-0.3, -0.25) is 0 Å². The number of hydrogen-bond donors (Lipinski definition) is 2. The van der Waals surface area contributed by atoms with E-state index in [1.54, 1.807) is 18.4 Å². The standard InChI is InChI=1S/C20H16O4/c21-19(22)11-5-6-13-12-8-16(15(13)7-11)20(23,9-12)17-10-24-18-4-2-1-3-14(17)18/h1-7,10,12,16,23H,8-9H2,(H,21,22)/t12-,16-,20+/m1/s1. The van der Waals surface area contributed by atoms with Crippen LogP contribution in [0.1, 0.15) is 51.7 Å². The molecule has 120 valence electrons. The molecule has 3 aromatic rings. The normalized spacial score (nSPS) is 27.5. The molecule has 0 saturated heterocycles. The molecule has 1 saturated carbocycles. The molecule has 2 aliphatic rings. The van der Waals surface area contributed by atoms with E-state index in [0.29, 0.717) is 6.42 Å². The maximum absolute atomic E-state index is 11.5. The first-order valence-electron chi connectivity index (χ1n) is 8.14. The molecule has 1 aromatic heterocycles. The van der Waals surface area contributed by atoms with Gasteiger partial charge >= 0.3 is 5.97 Å². The molecule has 5 rings (SSSR count). The van der Waals surface area contributed by atoms with Crippen molar-refractivity contribution in [3.63, 3.8) is 0 Å². The zero-order chi connectivity index (χ0) is 16.5. The average Bonchev–Trinajstić information content (AvgIpc) is 3.25. The highest BCUT2D eigenvalue weighted by molar-refractivity contribution is 5.88. The Labute approximate surface area is 138 Å². The molecular weight excluding hydrogens is 304 g/mol. The van der Waals surface area contributed by atoms with Crippen molar-refractivity contribution in [2.75, 3.05) is 0 Å². The first-order chi connectivity index (χ1) is 11.6. The van der Waals surface area contributed by atoms with E-state index in [1.807, 2.05) is 30.3 Å². The Kier molecular flexibility index (Phi) is 2.58. The molecule has 4 heteroatoms. The summed E-state index contributed by atoms with van der Waals surface area (Å²) in [4.78, 5) is 11.3. The van der Waals surface area contributed by atoms with Crippen LogP contribution < -0.4 is 0 Å². The second-order valence-corrected chi connectivity index (χ2v) is 6.91. The molecular formula is C20H16O4. The molecule has 2 N–H and O–H groups in total. The second kappa shape index (κ2) is 4.48. The summed E-state index contributed by atoms with van der Waals surface area (Å²) in [6, 6.07) is 13.0. The van der Waals surface area contributed by atoms with Crippen molar-refractivity contribution in [1.82, 2.24) is 0 Å². The van der Waals surface area contributed by atoms with Crippen molar-refractivity contribution in [1.29, 1.82) is 0 Å². The number of benzene rings is 2. The fraction of sp³-hybridized carbons (Fsp3) is 0.250. The van der Waals surface area contributed by atoms with E-state index in [-0.39, 0.29) is 17.4 Å². The molecule has 0 unspecified atom stereocenters. The van der Waals surface area contributed by atoms with Crippen LogP contribution in [0.3, 0.4) is 0 Å². The molecule has 1 fully saturated rings. The van der Waals surface area contributed by atoms with Gasteiger partial charge in [0.1, 0.15) is 11.2 Å². The smallest absolute Gasteiger partial charge is 0.335 e. The Morgan fingerprint density at radius 2 is 2.00 bits per heavy atom. The fourth-order valence-electron chi connectivity index (χ4n) is 4.69. The first-order valence-corrected chi connectivity index (χ1v) is 8.14. The Bertz CT molecular complexity index is 986. The van der Waals surface area contributed by atoms with E-state index in [9.17, 15) is 15.0 Å². The van der Waals surface area contributed by atoms with Crippen molar-refractivity contribution >= 4 is 16.9 Å². The Balaban J connectivity index is 1.67. The van der Waals surface area contributed by atoms with Gasteiger partial charge in [-0.1, -0.05) is 24.3 Å². The maximum atomic E-state index is 11.5. The third kappa shape index (κ3) is 1.64. The zero-order valence-corrected chi connectivity index (χ0v) is 12.9. The second-order valence-electron chi connectivity index (χ2n) is 6.91. The third-order valence-corrected chi connectivity index (χ3v) is 5.75. The summed E-state index contributed by atoms with van der Waals surface area (Å²) >= 11 is 0. The van der Waals surface area contributed by atoms with E-state index in [1.165, 1.54) is 5.56 Å². The van der Waals surface area contributed by atoms with Crippen LogP contribution >= 0.6 is 0 Å². The molecule has 0 aliphatic heterocycles. The van der Waals surface area contributed by atoms with Crippen LogP contribution in [0, 0.1) is 0 Å². The van der Waals surface area contributed by atoms with Gasteiger partial charge in [-0.25, -0.2) is 4.79 Å². The highest BCUT2D eigenvalue weighted by Gasteiger charge is 2.55. The lowest BCUT2D eigenvalue weighted by atomic mass is 9.75. The number of hydrogen-bond acceptors (Lipinski definition) is 3. The van der Waals surface area contributed by atoms with E-state index in [4.69, 9.17) is 4.42 Å². The van der Waals surface area contributed by atoms with Gasteiger partial charge in [0, 0.05) is 16.9 Å². The number of aromatic carboxylic acids is 1. The Morgan fingerprint density at radius 3 is 2.83 bits per heavy atom. The molecule has 2 aromatic carbocycles. The highest BCUT2D eigenvalue weighted by Crippen LogP contribution is 2.62. The molecule has 1 heterocycles. The largest absolute Gasteiger partial charge is 0.478 e. The highest BCUT2D eigenvalue weighted by atomic mass is 16.4. The summed E-state index contributed by atoms with van der Waals surface area (Å²) in [5.74, 6) is -0.748.